The summed E-state index contributed by atoms with van der Waals surface area (Å²) in [6, 6.07) is 2.36. The predicted molar refractivity (Wildman–Crippen MR) is 70.0 cm³/mol. The van der Waals surface area contributed by atoms with Gasteiger partial charge in [-0.1, -0.05) is 19.9 Å². The Morgan fingerprint density at radius 1 is 1.40 bits per heavy atom. The van der Waals surface area contributed by atoms with Gasteiger partial charge in [0.05, 0.1) is 13.2 Å². The van der Waals surface area contributed by atoms with Crippen LogP contribution in [0.3, 0.4) is 0 Å². The summed E-state index contributed by atoms with van der Waals surface area (Å²) in [4.78, 5) is 11.5. The van der Waals surface area contributed by atoms with Gasteiger partial charge in [-0.15, -0.1) is 0 Å². The standard InChI is InChI=1S/C14H19F2NO3/c1-8(2)13(14(19)20-3)17-7-12(18)10-5-4-9(15)6-11(10)16/h4-6,8,12-13,17-18H,7H2,1-3H3. The molecule has 2 N–H and O–H groups in total. The number of hydrogen-bond acceptors (Lipinski definition) is 4. The van der Waals surface area contributed by atoms with Crippen LogP contribution in [-0.2, 0) is 9.53 Å². The van der Waals surface area contributed by atoms with Crippen molar-refractivity contribution in [3.05, 3.63) is 35.4 Å². The van der Waals surface area contributed by atoms with Gasteiger partial charge < -0.3 is 15.2 Å². The SMILES string of the molecule is COC(=O)C(NCC(O)c1ccc(F)cc1F)C(C)C. The Kier molecular flexibility index (Phi) is 6.04. The molecule has 0 spiro atoms. The first kappa shape index (κ1) is 16.5. The molecule has 0 amide bonds. The van der Waals surface area contributed by atoms with Crippen LogP contribution in [0, 0.1) is 17.6 Å². The number of esters is 1. The summed E-state index contributed by atoms with van der Waals surface area (Å²) < 4.78 is 30.9. The van der Waals surface area contributed by atoms with Crippen molar-refractivity contribution in [2.24, 2.45) is 5.92 Å². The molecule has 0 bridgehead atoms. The molecule has 0 heterocycles. The fourth-order valence-electron chi connectivity index (χ4n) is 1.84. The van der Waals surface area contributed by atoms with Crippen molar-refractivity contribution in [1.82, 2.24) is 5.32 Å². The van der Waals surface area contributed by atoms with Gasteiger partial charge in [-0.2, -0.15) is 0 Å². The number of nitrogens with one attached hydrogen (secondary N) is 1. The zero-order chi connectivity index (χ0) is 15.3. The summed E-state index contributed by atoms with van der Waals surface area (Å²) in [5.41, 5.74) is -0.0220. The van der Waals surface area contributed by atoms with Crippen LogP contribution in [0.5, 0.6) is 0 Å². The molecule has 1 aromatic carbocycles. The van der Waals surface area contributed by atoms with Gasteiger partial charge in [0.15, 0.2) is 0 Å². The minimum absolute atomic E-state index is 0.0220. The van der Waals surface area contributed by atoms with E-state index in [0.29, 0.717) is 6.07 Å². The van der Waals surface area contributed by atoms with Gasteiger partial charge in [0, 0.05) is 18.2 Å². The van der Waals surface area contributed by atoms with Gasteiger partial charge in [0.1, 0.15) is 17.7 Å². The molecule has 112 valence electrons. The quantitative estimate of drug-likeness (QED) is 0.783. The van der Waals surface area contributed by atoms with E-state index < -0.39 is 29.7 Å². The smallest absolute Gasteiger partial charge is 0.323 e. The molecule has 0 saturated heterocycles. The van der Waals surface area contributed by atoms with Crippen molar-refractivity contribution >= 4 is 5.97 Å². The minimum Gasteiger partial charge on any atom is -0.468 e. The fraction of sp³-hybridized carbons (Fsp3) is 0.500. The average molecular weight is 287 g/mol. The average Bonchev–Trinajstić information content (AvgIpc) is 2.37. The van der Waals surface area contributed by atoms with Crippen molar-refractivity contribution in [1.29, 1.82) is 0 Å². The third-order valence-corrected chi connectivity index (χ3v) is 2.97. The molecule has 2 atom stereocenters. The van der Waals surface area contributed by atoms with E-state index in [1.54, 1.807) is 0 Å². The van der Waals surface area contributed by atoms with Crippen LogP contribution in [-0.4, -0.2) is 30.8 Å². The molecular formula is C14H19F2NO3. The van der Waals surface area contributed by atoms with Crippen molar-refractivity contribution in [3.63, 3.8) is 0 Å². The minimum atomic E-state index is -1.18. The van der Waals surface area contributed by atoms with Crippen LogP contribution in [0.4, 0.5) is 8.78 Å². The van der Waals surface area contributed by atoms with Gasteiger partial charge in [0.2, 0.25) is 0 Å². The van der Waals surface area contributed by atoms with E-state index in [0.717, 1.165) is 6.07 Å². The summed E-state index contributed by atoms with van der Waals surface area (Å²) in [5, 5.41) is 12.7. The predicted octanol–water partition coefficient (Wildman–Crippen LogP) is 1.79. The summed E-state index contributed by atoms with van der Waals surface area (Å²) >= 11 is 0. The number of rotatable bonds is 6. The normalized spacial score (nSPS) is 14.2. The molecule has 0 radical (unpaired) electrons. The maximum absolute atomic E-state index is 13.5. The van der Waals surface area contributed by atoms with Crippen LogP contribution in [0.15, 0.2) is 18.2 Å². The molecule has 0 saturated carbocycles. The summed E-state index contributed by atoms with van der Waals surface area (Å²) in [7, 11) is 1.27. The number of carbonyl (C=O) groups is 1. The molecule has 2 unspecified atom stereocenters. The van der Waals surface area contributed by atoms with Gasteiger partial charge >= 0.3 is 5.97 Å². The highest BCUT2D eigenvalue weighted by Crippen LogP contribution is 2.18. The molecule has 1 rings (SSSR count). The summed E-state index contributed by atoms with van der Waals surface area (Å²) in [6.45, 7) is 3.60. The highest BCUT2D eigenvalue weighted by molar-refractivity contribution is 5.75. The Balaban J connectivity index is 2.70. The molecule has 0 fully saturated rings. The number of methoxy groups -OCH3 is 1. The monoisotopic (exact) mass is 287 g/mol. The van der Waals surface area contributed by atoms with Gasteiger partial charge in [-0.25, -0.2) is 8.78 Å². The number of benzene rings is 1. The summed E-state index contributed by atoms with van der Waals surface area (Å²) in [6.07, 6.45) is -1.18. The zero-order valence-corrected chi connectivity index (χ0v) is 11.7. The lowest BCUT2D eigenvalue weighted by Gasteiger charge is -2.22. The molecule has 0 aliphatic rings. The molecular weight excluding hydrogens is 268 g/mol. The molecule has 20 heavy (non-hydrogen) atoms. The highest BCUT2D eigenvalue weighted by Gasteiger charge is 2.24. The molecule has 0 aliphatic carbocycles. The molecule has 4 nitrogen and oxygen atoms in total. The first-order chi connectivity index (χ1) is 9.36. The number of aliphatic hydroxyl groups is 1. The van der Waals surface area contributed by atoms with E-state index in [1.807, 2.05) is 13.8 Å². The molecule has 0 aliphatic heterocycles. The van der Waals surface area contributed by atoms with Gasteiger partial charge in [-0.3, -0.25) is 4.79 Å². The van der Waals surface area contributed by atoms with E-state index in [4.69, 9.17) is 0 Å². The fourth-order valence-corrected chi connectivity index (χ4v) is 1.84. The largest absolute Gasteiger partial charge is 0.468 e. The maximum Gasteiger partial charge on any atom is 0.323 e. The lowest BCUT2D eigenvalue weighted by molar-refractivity contribution is -0.144. The van der Waals surface area contributed by atoms with E-state index in [9.17, 15) is 18.7 Å². The number of halogens is 2. The third kappa shape index (κ3) is 4.25. The number of hydrogen-bond donors (Lipinski definition) is 2. The van der Waals surface area contributed by atoms with E-state index in [1.165, 1.54) is 13.2 Å². The van der Waals surface area contributed by atoms with Crippen LogP contribution in [0.25, 0.3) is 0 Å². The van der Waals surface area contributed by atoms with Crippen LogP contribution in [0.2, 0.25) is 0 Å². The number of carbonyl (C=O) groups excluding carboxylic acids is 1. The second kappa shape index (κ2) is 7.31. The van der Waals surface area contributed by atoms with Crippen LogP contribution < -0.4 is 5.32 Å². The van der Waals surface area contributed by atoms with E-state index >= 15 is 0 Å². The first-order valence-corrected chi connectivity index (χ1v) is 6.31. The van der Waals surface area contributed by atoms with Gasteiger partial charge in [0.25, 0.3) is 0 Å². The zero-order valence-electron chi connectivity index (χ0n) is 11.7. The topological polar surface area (TPSA) is 58.6 Å². The van der Waals surface area contributed by atoms with Crippen molar-refractivity contribution in [2.75, 3.05) is 13.7 Å². The van der Waals surface area contributed by atoms with E-state index in [-0.39, 0.29) is 18.0 Å². The Labute approximate surface area is 116 Å². The van der Waals surface area contributed by atoms with Crippen molar-refractivity contribution in [3.8, 4) is 0 Å². The van der Waals surface area contributed by atoms with Crippen molar-refractivity contribution < 1.29 is 23.4 Å². The Morgan fingerprint density at radius 3 is 2.55 bits per heavy atom. The Morgan fingerprint density at radius 2 is 2.05 bits per heavy atom. The number of ether oxygens (including phenoxy) is 1. The van der Waals surface area contributed by atoms with Crippen molar-refractivity contribution in [2.45, 2.75) is 26.0 Å². The Bertz CT molecular complexity index is 466. The van der Waals surface area contributed by atoms with Crippen LogP contribution in [0.1, 0.15) is 25.5 Å². The molecule has 0 aromatic heterocycles. The first-order valence-electron chi connectivity index (χ1n) is 6.31. The van der Waals surface area contributed by atoms with E-state index in [2.05, 4.69) is 10.1 Å². The number of aliphatic hydroxyl groups excluding tert-OH is 1. The van der Waals surface area contributed by atoms with Gasteiger partial charge in [-0.05, 0) is 12.0 Å². The second-order valence-corrected chi connectivity index (χ2v) is 4.83. The third-order valence-electron chi connectivity index (χ3n) is 2.97. The lowest BCUT2D eigenvalue weighted by Crippen LogP contribution is -2.43. The molecule has 1 aromatic rings. The molecule has 6 heteroatoms. The summed E-state index contributed by atoms with van der Waals surface area (Å²) in [5.74, 6) is -2.03. The Hall–Kier alpha value is -1.53. The van der Waals surface area contributed by atoms with Crippen LogP contribution >= 0.6 is 0 Å². The lowest BCUT2D eigenvalue weighted by atomic mass is 10.0. The second-order valence-electron chi connectivity index (χ2n) is 4.83. The maximum atomic E-state index is 13.5. The highest BCUT2D eigenvalue weighted by atomic mass is 19.1.